The third kappa shape index (κ3) is 3.92. The van der Waals surface area contributed by atoms with E-state index in [0.717, 1.165) is 0 Å². The average Bonchev–Trinajstić information content (AvgIpc) is 2.43. The second-order valence-electron chi connectivity index (χ2n) is 6.00. The Morgan fingerprint density at radius 3 is 1.33 bits per heavy atom. The standard InChI is InChI=1S/C12H13F14N/c1-6(14,10(20,21)12(24,25)26)8(17,4-27)3-5(13)9(18,19)11(22,23)7(2,15)16/h5H,3-4,27H2,1-2H3. The van der Waals surface area contributed by atoms with E-state index in [1.165, 1.54) is 0 Å². The zero-order valence-corrected chi connectivity index (χ0v) is 13.4. The van der Waals surface area contributed by atoms with Crippen molar-refractivity contribution in [2.45, 2.75) is 67.6 Å². The van der Waals surface area contributed by atoms with Crippen LogP contribution in [-0.4, -0.2) is 53.9 Å². The van der Waals surface area contributed by atoms with Gasteiger partial charge in [0, 0.05) is 19.9 Å². The van der Waals surface area contributed by atoms with E-state index < -0.39 is 74.2 Å². The maximum Gasteiger partial charge on any atom is 0.456 e. The quantitative estimate of drug-likeness (QED) is 0.517. The molecule has 164 valence electrons. The molecule has 3 unspecified atom stereocenters. The van der Waals surface area contributed by atoms with E-state index >= 15 is 0 Å². The van der Waals surface area contributed by atoms with Gasteiger partial charge in [-0.2, -0.15) is 48.3 Å². The summed E-state index contributed by atoms with van der Waals surface area (Å²) in [6.45, 7) is -3.88. The Morgan fingerprint density at radius 2 is 1.07 bits per heavy atom. The van der Waals surface area contributed by atoms with Crippen molar-refractivity contribution >= 4 is 0 Å². The van der Waals surface area contributed by atoms with Crippen LogP contribution in [0, 0.1) is 0 Å². The maximum absolute atomic E-state index is 14.3. The van der Waals surface area contributed by atoms with Crippen LogP contribution < -0.4 is 5.73 Å². The highest BCUT2D eigenvalue weighted by Crippen LogP contribution is 2.55. The van der Waals surface area contributed by atoms with Crippen LogP contribution in [0.4, 0.5) is 61.5 Å². The zero-order chi connectivity index (χ0) is 22.5. The van der Waals surface area contributed by atoms with Crippen LogP contribution in [0.1, 0.15) is 20.3 Å². The van der Waals surface area contributed by atoms with Crippen LogP contribution in [0.15, 0.2) is 0 Å². The van der Waals surface area contributed by atoms with E-state index in [2.05, 4.69) is 5.73 Å². The largest absolute Gasteiger partial charge is 0.456 e. The summed E-state index contributed by atoms with van der Waals surface area (Å²) in [4.78, 5) is 0. The van der Waals surface area contributed by atoms with Crippen LogP contribution >= 0.6 is 0 Å². The minimum Gasteiger partial charge on any atom is -0.327 e. The third-order valence-electron chi connectivity index (χ3n) is 3.98. The van der Waals surface area contributed by atoms with Crippen molar-refractivity contribution in [3.05, 3.63) is 0 Å². The molecule has 0 fully saturated rings. The van der Waals surface area contributed by atoms with Crippen LogP contribution in [-0.2, 0) is 0 Å². The van der Waals surface area contributed by atoms with Crippen molar-refractivity contribution in [2.24, 2.45) is 5.73 Å². The van der Waals surface area contributed by atoms with Crippen LogP contribution in [0.25, 0.3) is 0 Å². The smallest absolute Gasteiger partial charge is 0.327 e. The molecule has 0 aromatic carbocycles. The summed E-state index contributed by atoms with van der Waals surface area (Å²) >= 11 is 0. The lowest BCUT2D eigenvalue weighted by molar-refractivity contribution is -0.349. The molecule has 2 N–H and O–H groups in total. The highest BCUT2D eigenvalue weighted by Gasteiger charge is 2.78. The fraction of sp³-hybridized carbons (Fsp3) is 1.00. The molecule has 0 aliphatic carbocycles. The van der Waals surface area contributed by atoms with Crippen molar-refractivity contribution in [3.8, 4) is 0 Å². The topological polar surface area (TPSA) is 26.0 Å². The van der Waals surface area contributed by atoms with Crippen LogP contribution in [0.2, 0.25) is 0 Å². The lowest BCUT2D eigenvalue weighted by atomic mass is 9.77. The molecule has 0 spiro atoms. The molecule has 0 saturated heterocycles. The molecule has 0 aliphatic heterocycles. The minimum absolute atomic E-state index is 0.781. The Bertz CT molecular complexity index is 519. The van der Waals surface area contributed by atoms with Gasteiger partial charge in [0.25, 0.3) is 0 Å². The van der Waals surface area contributed by atoms with Crippen LogP contribution in [0.5, 0.6) is 0 Å². The molecule has 0 bridgehead atoms. The number of alkyl halides is 14. The average molecular weight is 437 g/mol. The first-order valence-corrected chi connectivity index (χ1v) is 6.74. The lowest BCUT2D eigenvalue weighted by Gasteiger charge is -2.43. The summed E-state index contributed by atoms with van der Waals surface area (Å²) in [6, 6.07) is 0. The van der Waals surface area contributed by atoms with Gasteiger partial charge in [-0.15, -0.1) is 0 Å². The molecule has 3 atom stereocenters. The van der Waals surface area contributed by atoms with Crippen molar-refractivity contribution in [2.75, 3.05) is 6.54 Å². The minimum atomic E-state index is -6.81. The molecule has 0 aromatic heterocycles. The van der Waals surface area contributed by atoms with E-state index in [1.807, 2.05) is 0 Å². The van der Waals surface area contributed by atoms with E-state index in [-0.39, 0.29) is 0 Å². The summed E-state index contributed by atoms with van der Waals surface area (Å²) in [6.07, 6.45) is -14.7. The van der Waals surface area contributed by atoms with Gasteiger partial charge in [0.1, 0.15) is 0 Å². The molecular formula is C12H13F14N. The van der Waals surface area contributed by atoms with E-state index in [9.17, 15) is 61.5 Å². The molecule has 0 aliphatic rings. The van der Waals surface area contributed by atoms with Gasteiger partial charge in [-0.1, -0.05) is 0 Å². The van der Waals surface area contributed by atoms with Crippen molar-refractivity contribution in [3.63, 3.8) is 0 Å². The SMILES string of the molecule is CC(F)(F)C(F)(F)C(F)(F)C(F)CC(F)(CN)C(C)(F)C(F)(F)C(F)(F)F. The van der Waals surface area contributed by atoms with Crippen LogP contribution in [0.3, 0.4) is 0 Å². The molecule has 1 nitrogen and oxygen atoms in total. The monoisotopic (exact) mass is 437 g/mol. The maximum atomic E-state index is 14.3. The Hall–Kier alpha value is -1.02. The molecule has 0 amide bonds. The van der Waals surface area contributed by atoms with E-state index in [1.54, 1.807) is 0 Å². The Morgan fingerprint density at radius 1 is 0.704 bits per heavy atom. The molecule has 0 saturated carbocycles. The number of hydrogen-bond acceptors (Lipinski definition) is 1. The van der Waals surface area contributed by atoms with Gasteiger partial charge in [0.05, 0.1) is 0 Å². The molecule has 0 aromatic rings. The van der Waals surface area contributed by atoms with Crippen molar-refractivity contribution in [1.29, 1.82) is 0 Å². The molecule has 0 rings (SSSR count). The van der Waals surface area contributed by atoms with Crippen molar-refractivity contribution in [1.82, 2.24) is 0 Å². The van der Waals surface area contributed by atoms with Gasteiger partial charge in [0.2, 0.25) is 5.67 Å². The fourth-order valence-corrected chi connectivity index (χ4v) is 1.92. The lowest BCUT2D eigenvalue weighted by Crippen LogP contribution is -2.67. The third-order valence-corrected chi connectivity index (χ3v) is 3.98. The first-order chi connectivity index (χ1) is 11.4. The molecule has 27 heavy (non-hydrogen) atoms. The van der Waals surface area contributed by atoms with Gasteiger partial charge in [0.15, 0.2) is 11.8 Å². The number of rotatable bonds is 8. The van der Waals surface area contributed by atoms with Gasteiger partial charge in [-0.05, 0) is 6.92 Å². The molecule has 0 radical (unpaired) electrons. The summed E-state index contributed by atoms with van der Waals surface area (Å²) in [5, 5.41) is 0. The fourth-order valence-electron chi connectivity index (χ4n) is 1.92. The summed E-state index contributed by atoms with van der Waals surface area (Å²) in [5.74, 6) is -25.2. The predicted molar refractivity (Wildman–Crippen MR) is 63.4 cm³/mol. The number of nitrogens with two attached hydrogens (primary N) is 1. The van der Waals surface area contributed by atoms with Gasteiger partial charge in [-0.3, -0.25) is 0 Å². The summed E-state index contributed by atoms with van der Waals surface area (Å²) < 4.78 is 183. The molecular weight excluding hydrogens is 424 g/mol. The van der Waals surface area contributed by atoms with E-state index in [4.69, 9.17) is 0 Å². The van der Waals surface area contributed by atoms with Crippen molar-refractivity contribution < 1.29 is 61.5 Å². The first kappa shape index (κ1) is 26.0. The Balaban J connectivity index is 6.09. The predicted octanol–water partition coefficient (Wildman–Crippen LogP) is 5.23. The zero-order valence-electron chi connectivity index (χ0n) is 13.4. The Labute approximate surface area is 142 Å². The van der Waals surface area contributed by atoms with Gasteiger partial charge >= 0.3 is 29.9 Å². The highest BCUT2D eigenvalue weighted by molar-refractivity contribution is 5.12. The first-order valence-electron chi connectivity index (χ1n) is 6.74. The second-order valence-corrected chi connectivity index (χ2v) is 6.00. The summed E-state index contributed by atoms with van der Waals surface area (Å²) in [7, 11) is 0. The van der Waals surface area contributed by atoms with E-state index in [0.29, 0.717) is 0 Å². The number of hydrogen-bond donors (Lipinski definition) is 1. The normalized spacial score (nSPS) is 20.8. The second kappa shape index (κ2) is 6.79. The van der Waals surface area contributed by atoms with Gasteiger partial charge in [-0.25, -0.2) is 13.2 Å². The Kier molecular flexibility index (Phi) is 6.54. The highest BCUT2D eigenvalue weighted by atomic mass is 19.4. The molecule has 15 heteroatoms. The molecule has 0 heterocycles. The summed E-state index contributed by atoms with van der Waals surface area (Å²) in [5.41, 5.74) is -6.05. The number of halogens is 14. The van der Waals surface area contributed by atoms with Gasteiger partial charge < -0.3 is 5.73 Å².